The van der Waals surface area contributed by atoms with E-state index in [1.165, 1.54) is 0 Å². The number of hydrogen-bond acceptors (Lipinski definition) is 8. The quantitative estimate of drug-likeness (QED) is 0.167. The molecule has 0 atom stereocenters. The fourth-order valence-corrected chi connectivity index (χ4v) is 10.2. The van der Waals surface area contributed by atoms with Crippen LogP contribution in [0.5, 0.6) is 0 Å². The van der Waals surface area contributed by atoms with Crippen molar-refractivity contribution in [3.8, 4) is 11.1 Å². The molecular formula is C44H54ClN7O5. The van der Waals surface area contributed by atoms with Crippen LogP contribution in [0, 0.1) is 12.3 Å². The van der Waals surface area contributed by atoms with Crippen LogP contribution in [0.1, 0.15) is 107 Å². The number of aliphatic carboxylic acids is 1. The minimum absolute atomic E-state index is 0.0716. The molecule has 302 valence electrons. The van der Waals surface area contributed by atoms with E-state index in [1.54, 1.807) is 0 Å². The van der Waals surface area contributed by atoms with Crippen molar-refractivity contribution in [3.63, 3.8) is 0 Å². The molecule has 12 nitrogen and oxygen atoms in total. The van der Waals surface area contributed by atoms with Gasteiger partial charge in [-0.1, -0.05) is 48.9 Å². The van der Waals surface area contributed by atoms with Crippen molar-refractivity contribution in [3.05, 3.63) is 87.0 Å². The topological polar surface area (TPSA) is 135 Å². The number of halogens is 1. The van der Waals surface area contributed by atoms with E-state index >= 15 is 0 Å². The summed E-state index contributed by atoms with van der Waals surface area (Å²) in [5.41, 5.74) is 7.38. The van der Waals surface area contributed by atoms with Crippen molar-refractivity contribution in [1.29, 1.82) is 0 Å². The van der Waals surface area contributed by atoms with E-state index in [2.05, 4.69) is 15.1 Å². The van der Waals surface area contributed by atoms with E-state index < -0.39 is 11.4 Å². The van der Waals surface area contributed by atoms with Crippen LogP contribution < -0.4 is 5.32 Å². The zero-order chi connectivity index (χ0) is 40.0. The highest BCUT2D eigenvalue weighted by Gasteiger charge is 2.42. The predicted molar refractivity (Wildman–Crippen MR) is 219 cm³/mol. The number of hydrogen-bond donors (Lipinski definition) is 2. The number of ketones is 1. The lowest BCUT2D eigenvalue weighted by Crippen LogP contribution is -2.45. The molecule has 1 amide bonds. The summed E-state index contributed by atoms with van der Waals surface area (Å²) in [7, 11) is 3.84. The van der Waals surface area contributed by atoms with Gasteiger partial charge in [0.2, 0.25) is 5.78 Å². The lowest BCUT2D eigenvalue weighted by Gasteiger charge is -2.42. The molecule has 1 saturated heterocycles. The maximum absolute atomic E-state index is 13.8. The van der Waals surface area contributed by atoms with E-state index in [-0.39, 0.29) is 18.1 Å². The lowest BCUT2D eigenvalue weighted by atomic mass is 9.70. The van der Waals surface area contributed by atoms with Gasteiger partial charge in [-0.05, 0) is 74.6 Å². The number of anilines is 1. The number of rotatable bonds is 10. The van der Waals surface area contributed by atoms with Gasteiger partial charge in [0.15, 0.2) is 11.6 Å². The van der Waals surface area contributed by atoms with Crippen molar-refractivity contribution >= 4 is 34.9 Å². The van der Waals surface area contributed by atoms with Crippen molar-refractivity contribution in [2.24, 2.45) is 19.5 Å². The van der Waals surface area contributed by atoms with Crippen molar-refractivity contribution in [1.82, 2.24) is 28.9 Å². The largest absolute Gasteiger partial charge is 0.481 e. The molecule has 2 aromatic heterocycles. The first kappa shape index (κ1) is 39.5. The second kappa shape index (κ2) is 16.1. The molecule has 13 heteroatoms. The Kier molecular flexibility index (Phi) is 11.2. The van der Waals surface area contributed by atoms with E-state index in [4.69, 9.17) is 26.3 Å². The van der Waals surface area contributed by atoms with Gasteiger partial charge in [0, 0.05) is 107 Å². The second-order valence-electron chi connectivity index (χ2n) is 16.5. The first-order valence-electron chi connectivity index (χ1n) is 20.6. The molecule has 57 heavy (non-hydrogen) atoms. The van der Waals surface area contributed by atoms with Crippen LogP contribution >= 0.6 is 11.6 Å². The van der Waals surface area contributed by atoms with Crippen LogP contribution in [0.2, 0.25) is 5.02 Å². The molecule has 1 aliphatic carbocycles. The molecule has 0 spiro atoms. The molecular weight excluding hydrogens is 742 g/mol. The Bertz CT molecular complexity index is 2200. The van der Waals surface area contributed by atoms with Gasteiger partial charge < -0.3 is 24.3 Å². The summed E-state index contributed by atoms with van der Waals surface area (Å²) >= 11 is 7.10. The fourth-order valence-electron chi connectivity index (χ4n) is 9.88. The average Bonchev–Trinajstić information content (AvgIpc) is 3.75. The van der Waals surface area contributed by atoms with Crippen molar-refractivity contribution < 1.29 is 24.2 Å². The Morgan fingerprint density at radius 1 is 0.860 bits per heavy atom. The Balaban J connectivity index is 0.948. The number of carboxylic acids is 1. The van der Waals surface area contributed by atoms with Crippen molar-refractivity contribution in [2.75, 3.05) is 31.6 Å². The third kappa shape index (κ3) is 7.46. The number of Topliss-reactive ketones (excluding diaryl/α,β-unsaturated/α-hetero) is 1. The molecule has 1 saturated carbocycles. The molecule has 3 aliphatic heterocycles. The standard InChI is InChI=1S/C44H54ClN7O5/c1-5-44(43(55)56)18-12-29(13-19-44)51-20-15-37-35(26-51)47-41(50(37)4)42(54)48-33-11-7-9-31(27(33)2)32-10-6-8-28(39(32)45)24-38(53)40-46-34-25-52(21-14-36(34)49(40)3)30-16-22-57-23-17-30/h6-11,29-30H,5,12-26H2,1-4H3,(H,48,54)(H,55,56). The highest BCUT2D eigenvalue weighted by Crippen LogP contribution is 2.42. The van der Waals surface area contributed by atoms with Gasteiger partial charge in [0.1, 0.15) is 0 Å². The van der Waals surface area contributed by atoms with Gasteiger partial charge in [-0.15, -0.1) is 0 Å². The summed E-state index contributed by atoms with van der Waals surface area (Å²) in [6.45, 7) is 8.75. The fraction of sp³-hybridized carbons (Fsp3) is 0.523. The normalized spacial score (nSPS) is 21.9. The molecule has 4 aromatic rings. The first-order valence-corrected chi connectivity index (χ1v) is 21.0. The predicted octanol–water partition coefficient (Wildman–Crippen LogP) is 6.78. The number of carbonyl (C=O) groups excluding carboxylic acids is 2. The average molecular weight is 796 g/mol. The number of nitrogens with zero attached hydrogens (tertiary/aromatic N) is 6. The highest BCUT2D eigenvalue weighted by atomic mass is 35.5. The molecule has 2 aromatic carbocycles. The number of benzene rings is 2. The monoisotopic (exact) mass is 795 g/mol. The maximum Gasteiger partial charge on any atom is 0.309 e. The van der Waals surface area contributed by atoms with Gasteiger partial charge in [0.25, 0.3) is 5.91 Å². The third-order valence-corrected chi connectivity index (χ3v) is 14.0. The van der Waals surface area contributed by atoms with Crippen LogP contribution in [0.15, 0.2) is 36.4 Å². The first-order chi connectivity index (χ1) is 27.5. The van der Waals surface area contributed by atoms with Crippen LogP contribution in [-0.2, 0) is 56.0 Å². The number of carboxylic acid groups (broad SMARTS) is 1. The zero-order valence-corrected chi connectivity index (χ0v) is 34.3. The van der Waals surface area contributed by atoms with Gasteiger partial charge in [-0.3, -0.25) is 24.2 Å². The minimum Gasteiger partial charge on any atom is -0.481 e. The Labute approximate surface area is 339 Å². The van der Waals surface area contributed by atoms with E-state index in [1.807, 2.05) is 73.5 Å². The zero-order valence-electron chi connectivity index (χ0n) is 33.6. The Morgan fingerprint density at radius 3 is 2.07 bits per heavy atom. The summed E-state index contributed by atoms with van der Waals surface area (Å²) < 4.78 is 9.45. The van der Waals surface area contributed by atoms with E-state index in [9.17, 15) is 19.5 Å². The Hall–Kier alpha value is -4.36. The van der Waals surface area contributed by atoms with Crippen LogP contribution in [0.3, 0.4) is 0 Å². The van der Waals surface area contributed by atoms with Gasteiger partial charge in [-0.25, -0.2) is 9.97 Å². The minimum atomic E-state index is -0.675. The molecule has 2 fully saturated rings. The van der Waals surface area contributed by atoms with Crippen molar-refractivity contribution in [2.45, 2.75) is 103 Å². The molecule has 8 rings (SSSR count). The number of imidazole rings is 2. The SMILES string of the molecule is CCC1(C(=O)O)CCC(N2CCc3c(nc(C(=O)Nc4cccc(-c5cccc(CC(=O)c6nc7c(n6C)CCN(C6CCOCC6)C7)c5Cl)c4C)n3C)C2)CC1. The molecule has 4 aliphatic rings. The molecule has 2 N–H and O–H groups in total. The van der Waals surface area contributed by atoms with E-state index in [0.717, 1.165) is 116 Å². The summed E-state index contributed by atoms with van der Waals surface area (Å²) in [5.74, 6) is -0.210. The maximum atomic E-state index is 13.8. The van der Waals surface area contributed by atoms with Gasteiger partial charge in [0.05, 0.1) is 21.8 Å². The number of nitrogens with one attached hydrogen (secondary N) is 1. The second-order valence-corrected chi connectivity index (χ2v) is 16.9. The highest BCUT2D eigenvalue weighted by molar-refractivity contribution is 6.34. The number of fused-ring (bicyclic) bond motifs is 2. The molecule has 0 bridgehead atoms. The number of carbonyl (C=O) groups is 3. The summed E-state index contributed by atoms with van der Waals surface area (Å²) in [4.78, 5) is 54.3. The Morgan fingerprint density at radius 2 is 1.44 bits per heavy atom. The number of ether oxygens (including phenoxy) is 1. The molecule has 0 unspecified atom stereocenters. The van der Waals surface area contributed by atoms with Gasteiger partial charge in [-0.2, -0.15) is 0 Å². The van der Waals surface area contributed by atoms with Gasteiger partial charge >= 0.3 is 5.97 Å². The smallest absolute Gasteiger partial charge is 0.309 e. The third-order valence-electron chi connectivity index (χ3n) is 13.6. The molecule has 0 radical (unpaired) electrons. The number of aromatic nitrogens is 4. The summed E-state index contributed by atoms with van der Waals surface area (Å²) in [6, 6.07) is 12.3. The number of amides is 1. The van der Waals surface area contributed by atoms with Crippen LogP contribution in [0.4, 0.5) is 5.69 Å². The lowest BCUT2D eigenvalue weighted by molar-refractivity contribution is -0.152. The van der Waals surface area contributed by atoms with E-state index in [0.29, 0.717) is 60.2 Å². The van der Waals surface area contributed by atoms with Crippen LogP contribution in [0.25, 0.3) is 11.1 Å². The summed E-state index contributed by atoms with van der Waals surface area (Å²) in [6.07, 6.45) is 7.59. The molecule has 5 heterocycles. The van der Waals surface area contributed by atoms with Crippen LogP contribution in [-0.4, -0.2) is 90.1 Å². The summed E-state index contributed by atoms with van der Waals surface area (Å²) in [5, 5.41) is 13.5.